The Bertz CT molecular complexity index is 861. The standard InChI is InChI=1S/C16H15FN4O2S/c1-21-9-11(7-19-21)14(22)15(23)20-16-18-8-12(24-16)6-10-4-2-3-5-13(10)17/h2-5,7-9,14,22H,6H2,1H3,(H,18,20,23). The SMILES string of the molecule is Cn1cc(C(O)C(=O)Nc2ncc(Cc3ccccc3F)s2)cn1. The summed E-state index contributed by atoms with van der Waals surface area (Å²) in [6, 6.07) is 6.52. The van der Waals surface area contributed by atoms with Crippen LogP contribution in [0.5, 0.6) is 0 Å². The van der Waals surface area contributed by atoms with E-state index >= 15 is 0 Å². The third-order valence-corrected chi connectivity index (χ3v) is 4.31. The number of hydrogen-bond acceptors (Lipinski definition) is 5. The number of rotatable bonds is 5. The fraction of sp³-hybridized carbons (Fsp3) is 0.188. The summed E-state index contributed by atoms with van der Waals surface area (Å²) in [4.78, 5) is 17.0. The molecule has 0 aliphatic rings. The highest BCUT2D eigenvalue weighted by atomic mass is 32.1. The molecule has 2 N–H and O–H groups in total. The molecule has 1 amide bonds. The first-order chi connectivity index (χ1) is 11.5. The minimum absolute atomic E-state index is 0.275. The lowest BCUT2D eigenvalue weighted by Crippen LogP contribution is -2.20. The minimum atomic E-state index is -1.32. The molecule has 0 aliphatic heterocycles. The lowest BCUT2D eigenvalue weighted by atomic mass is 10.1. The van der Waals surface area contributed by atoms with E-state index in [1.54, 1.807) is 37.6 Å². The van der Waals surface area contributed by atoms with Gasteiger partial charge in [0.25, 0.3) is 5.91 Å². The van der Waals surface area contributed by atoms with Crippen LogP contribution in [0.3, 0.4) is 0 Å². The maximum Gasteiger partial charge on any atom is 0.259 e. The number of thiazole rings is 1. The van der Waals surface area contributed by atoms with Crippen molar-refractivity contribution < 1.29 is 14.3 Å². The second-order valence-electron chi connectivity index (χ2n) is 5.24. The van der Waals surface area contributed by atoms with Crippen molar-refractivity contribution in [2.24, 2.45) is 7.05 Å². The Balaban J connectivity index is 1.65. The molecular weight excluding hydrogens is 331 g/mol. The van der Waals surface area contributed by atoms with Crippen molar-refractivity contribution in [3.8, 4) is 0 Å². The first-order valence-electron chi connectivity index (χ1n) is 7.18. The highest BCUT2D eigenvalue weighted by Gasteiger charge is 2.20. The smallest absolute Gasteiger partial charge is 0.259 e. The number of hydrogen-bond donors (Lipinski definition) is 2. The van der Waals surface area contributed by atoms with Crippen LogP contribution in [0.15, 0.2) is 42.9 Å². The van der Waals surface area contributed by atoms with Crippen molar-refractivity contribution in [2.45, 2.75) is 12.5 Å². The van der Waals surface area contributed by atoms with E-state index in [1.165, 1.54) is 28.3 Å². The van der Waals surface area contributed by atoms with E-state index in [2.05, 4.69) is 15.4 Å². The zero-order valence-electron chi connectivity index (χ0n) is 12.8. The number of benzene rings is 1. The number of anilines is 1. The van der Waals surface area contributed by atoms with Crippen LogP contribution in [0.4, 0.5) is 9.52 Å². The number of halogens is 1. The molecule has 2 aromatic heterocycles. The molecule has 24 heavy (non-hydrogen) atoms. The molecule has 0 fully saturated rings. The Labute approximate surface area is 141 Å². The molecule has 6 nitrogen and oxygen atoms in total. The molecule has 3 aromatic rings. The molecule has 8 heteroatoms. The van der Waals surface area contributed by atoms with Crippen molar-refractivity contribution in [2.75, 3.05) is 5.32 Å². The summed E-state index contributed by atoms with van der Waals surface area (Å²) < 4.78 is 15.2. The molecular formula is C16H15FN4O2S. The molecule has 0 saturated carbocycles. The van der Waals surface area contributed by atoms with Gasteiger partial charge in [-0.25, -0.2) is 9.37 Å². The zero-order chi connectivity index (χ0) is 17.1. The van der Waals surface area contributed by atoms with Gasteiger partial charge in [0.2, 0.25) is 0 Å². The van der Waals surface area contributed by atoms with E-state index in [1.807, 2.05) is 0 Å². The number of aromatic nitrogens is 3. The van der Waals surface area contributed by atoms with Crippen molar-refractivity contribution in [3.63, 3.8) is 0 Å². The van der Waals surface area contributed by atoms with Crippen LogP contribution in [-0.4, -0.2) is 25.8 Å². The molecule has 0 saturated heterocycles. The van der Waals surface area contributed by atoms with Crippen LogP contribution in [0, 0.1) is 5.82 Å². The Morgan fingerprint density at radius 3 is 2.92 bits per heavy atom. The van der Waals surface area contributed by atoms with E-state index in [-0.39, 0.29) is 5.82 Å². The summed E-state index contributed by atoms with van der Waals surface area (Å²) in [5.41, 5.74) is 0.965. The molecule has 0 bridgehead atoms. The van der Waals surface area contributed by atoms with E-state index in [4.69, 9.17) is 0 Å². The average molecular weight is 346 g/mol. The Hall–Kier alpha value is -2.58. The molecule has 0 spiro atoms. The minimum Gasteiger partial charge on any atom is -0.378 e. The highest BCUT2D eigenvalue weighted by molar-refractivity contribution is 7.15. The van der Waals surface area contributed by atoms with Gasteiger partial charge in [-0.15, -0.1) is 11.3 Å². The average Bonchev–Trinajstić information content (AvgIpc) is 3.18. The highest BCUT2D eigenvalue weighted by Crippen LogP contribution is 2.23. The predicted molar refractivity (Wildman–Crippen MR) is 88.1 cm³/mol. The summed E-state index contributed by atoms with van der Waals surface area (Å²) >= 11 is 1.24. The van der Waals surface area contributed by atoms with E-state index in [0.29, 0.717) is 22.7 Å². The Kier molecular flexibility index (Phi) is 4.68. The third-order valence-electron chi connectivity index (χ3n) is 3.40. The number of aliphatic hydroxyl groups is 1. The molecule has 2 heterocycles. The first kappa shape index (κ1) is 16.3. The van der Waals surface area contributed by atoms with Gasteiger partial charge in [0, 0.05) is 36.3 Å². The predicted octanol–water partition coefficient (Wildman–Crippen LogP) is 2.28. The topological polar surface area (TPSA) is 80.0 Å². The number of nitrogens with one attached hydrogen (secondary N) is 1. The Morgan fingerprint density at radius 1 is 1.42 bits per heavy atom. The number of aryl methyl sites for hydroxylation is 1. The van der Waals surface area contributed by atoms with Gasteiger partial charge in [0.15, 0.2) is 11.2 Å². The number of carbonyl (C=O) groups is 1. The second-order valence-corrected chi connectivity index (χ2v) is 6.35. The lowest BCUT2D eigenvalue weighted by Gasteiger charge is -2.07. The lowest BCUT2D eigenvalue weighted by molar-refractivity contribution is -0.124. The molecule has 3 rings (SSSR count). The maximum atomic E-state index is 13.7. The van der Waals surface area contributed by atoms with Gasteiger partial charge in [-0.3, -0.25) is 14.8 Å². The summed E-state index contributed by atoms with van der Waals surface area (Å²) in [7, 11) is 1.70. The summed E-state index contributed by atoms with van der Waals surface area (Å²) in [5, 5.41) is 16.8. The fourth-order valence-electron chi connectivity index (χ4n) is 2.18. The van der Waals surface area contributed by atoms with E-state index < -0.39 is 12.0 Å². The molecule has 0 radical (unpaired) electrons. The Morgan fingerprint density at radius 2 is 2.21 bits per heavy atom. The summed E-state index contributed by atoms with van der Waals surface area (Å²) in [6.45, 7) is 0. The van der Waals surface area contributed by atoms with Crippen LogP contribution in [0.2, 0.25) is 0 Å². The van der Waals surface area contributed by atoms with Crippen molar-refractivity contribution in [1.82, 2.24) is 14.8 Å². The number of amides is 1. The maximum absolute atomic E-state index is 13.7. The van der Waals surface area contributed by atoms with Crippen LogP contribution in [0.25, 0.3) is 0 Å². The van der Waals surface area contributed by atoms with Crippen molar-refractivity contribution >= 4 is 22.4 Å². The molecule has 124 valence electrons. The van der Waals surface area contributed by atoms with Gasteiger partial charge in [0.1, 0.15) is 5.82 Å². The molecule has 0 aliphatic carbocycles. The first-order valence-corrected chi connectivity index (χ1v) is 8.00. The van der Waals surface area contributed by atoms with Gasteiger partial charge < -0.3 is 5.11 Å². The van der Waals surface area contributed by atoms with Crippen LogP contribution >= 0.6 is 11.3 Å². The van der Waals surface area contributed by atoms with Crippen LogP contribution in [0.1, 0.15) is 22.1 Å². The second kappa shape index (κ2) is 6.90. The van der Waals surface area contributed by atoms with Crippen molar-refractivity contribution in [1.29, 1.82) is 0 Å². The van der Waals surface area contributed by atoms with Gasteiger partial charge in [-0.05, 0) is 11.6 Å². The quantitative estimate of drug-likeness (QED) is 0.743. The number of nitrogens with zero attached hydrogens (tertiary/aromatic N) is 3. The van der Waals surface area contributed by atoms with Gasteiger partial charge in [-0.2, -0.15) is 5.10 Å². The van der Waals surface area contributed by atoms with Gasteiger partial charge in [0.05, 0.1) is 6.20 Å². The fourth-order valence-corrected chi connectivity index (χ4v) is 3.02. The van der Waals surface area contributed by atoms with Crippen LogP contribution < -0.4 is 5.32 Å². The molecule has 1 atom stereocenters. The summed E-state index contributed by atoms with van der Waals surface area (Å²) in [5.74, 6) is -0.863. The van der Waals surface area contributed by atoms with Gasteiger partial charge >= 0.3 is 0 Å². The largest absolute Gasteiger partial charge is 0.378 e. The van der Waals surface area contributed by atoms with E-state index in [9.17, 15) is 14.3 Å². The molecule has 1 aromatic carbocycles. The number of carbonyl (C=O) groups excluding carboxylic acids is 1. The zero-order valence-corrected chi connectivity index (χ0v) is 13.6. The molecule has 1 unspecified atom stereocenters. The summed E-state index contributed by atoms with van der Waals surface area (Å²) in [6.07, 6.45) is 3.65. The normalized spacial score (nSPS) is 12.1. The third kappa shape index (κ3) is 3.66. The van der Waals surface area contributed by atoms with Crippen LogP contribution in [-0.2, 0) is 18.3 Å². The van der Waals surface area contributed by atoms with E-state index in [0.717, 1.165) is 4.88 Å². The number of aliphatic hydroxyl groups excluding tert-OH is 1. The van der Waals surface area contributed by atoms with Gasteiger partial charge in [-0.1, -0.05) is 18.2 Å². The monoisotopic (exact) mass is 346 g/mol. The van der Waals surface area contributed by atoms with Crippen molar-refractivity contribution in [3.05, 3.63) is 64.7 Å².